The molecule has 2 aromatic heterocycles. The zero-order valence-corrected chi connectivity index (χ0v) is 9.22. The molecule has 2 aromatic rings. The lowest BCUT2D eigenvalue weighted by atomic mass is 9.82. The molecule has 6 nitrogen and oxygen atoms in total. The number of carbonyl (C=O) groups is 1. The summed E-state index contributed by atoms with van der Waals surface area (Å²) in [4.78, 5) is 14.5. The van der Waals surface area contributed by atoms with Crippen LogP contribution in [0.25, 0.3) is 5.65 Å². The largest absolute Gasteiger partial charge is 0.489 e. The molecule has 0 saturated heterocycles. The van der Waals surface area contributed by atoms with Gasteiger partial charge in [-0.1, -0.05) is 6.07 Å². The molecule has 0 fully saturated rings. The third kappa shape index (κ3) is 2.85. The summed E-state index contributed by atoms with van der Waals surface area (Å²) in [6.07, 6.45) is -2.59. The second kappa shape index (κ2) is 4.55. The fraction of sp³-hybridized carbons (Fsp3) is 0.111. The summed E-state index contributed by atoms with van der Waals surface area (Å²) < 4.78 is 37.4. The van der Waals surface area contributed by atoms with Gasteiger partial charge in [0, 0.05) is 6.20 Å². The Morgan fingerprint density at radius 2 is 2.00 bits per heavy atom. The standard InChI is InChI=1S/C9H7BF3N3O3/c11-9(12,13)8(17)15-6-4-16-3-5(10(18)19)1-2-7(16)14-6/h1-4,18-19H,(H,15,17). The van der Waals surface area contributed by atoms with E-state index in [0.29, 0.717) is 0 Å². The van der Waals surface area contributed by atoms with E-state index in [-0.39, 0.29) is 16.9 Å². The Labute approximate surface area is 104 Å². The van der Waals surface area contributed by atoms with E-state index in [0.717, 1.165) is 6.20 Å². The van der Waals surface area contributed by atoms with Gasteiger partial charge in [-0.15, -0.1) is 0 Å². The van der Waals surface area contributed by atoms with Crippen molar-refractivity contribution in [3.8, 4) is 0 Å². The van der Waals surface area contributed by atoms with Crippen molar-refractivity contribution < 1.29 is 28.0 Å². The Hall–Kier alpha value is -2.07. The second-order valence-corrected chi connectivity index (χ2v) is 3.68. The van der Waals surface area contributed by atoms with Crippen molar-refractivity contribution in [2.24, 2.45) is 0 Å². The molecule has 2 rings (SSSR count). The van der Waals surface area contributed by atoms with Crippen molar-refractivity contribution in [1.82, 2.24) is 9.38 Å². The van der Waals surface area contributed by atoms with Crippen molar-refractivity contribution in [2.45, 2.75) is 6.18 Å². The van der Waals surface area contributed by atoms with E-state index in [1.54, 1.807) is 5.32 Å². The monoisotopic (exact) mass is 273 g/mol. The minimum Gasteiger partial charge on any atom is -0.423 e. The Morgan fingerprint density at radius 1 is 1.32 bits per heavy atom. The summed E-state index contributed by atoms with van der Waals surface area (Å²) in [6, 6.07) is 2.72. The number of nitrogens with one attached hydrogen (secondary N) is 1. The first-order valence-corrected chi connectivity index (χ1v) is 5.00. The molecule has 0 spiro atoms. The molecule has 0 bridgehead atoms. The zero-order valence-electron chi connectivity index (χ0n) is 9.22. The Morgan fingerprint density at radius 3 is 2.58 bits per heavy atom. The number of fused-ring (bicyclic) bond motifs is 1. The van der Waals surface area contributed by atoms with Crippen LogP contribution in [-0.4, -0.2) is 38.6 Å². The highest BCUT2D eigenvalue weighted by Crippen LogP contribution is 2.18. The first-order valence-electron chi connectivity index (χ1n) is 5.00. The Kier molecular flexibility index (Phi) is 3.20. The van der Waals surface area contributed by atoms with E-state index in [2.05, 4.69) is 4.98 Å². The fourth-order valence-corrected chi connectivity index (χ4v) is 1.41. The van der Waals surface area contributed by atoms with Crippen LogP contribution in [0.4, 0.5) is 19.0 Å². The van der Waals surface area contributed by atoms with E-state index < -0.39 is 19.2 Å². The first kappa shape index (κ1) is 13.4. The van der Waals surface area contributed by atoms with Gasteiger partial charge in [0.2, 0.25) is 0 Å². The molecule has 1 amide bonds. The van der Waals surface area contributed by atoms with Crippen LogP contribution in [0.2, 0.25) is 0 Å². The predicted octanol–water partition coefficient (Wildman–Crippen LogP) is -0.485. The molecule has 0 unspecified atom stereocenters. The van der Waals surface area contributed by atoms with Crippen LogP contribution in [-0.2, 0) is 4.79 Å². The molecule has 19 heavy (non-hydrogen) atoms. The van der Waals surface area contributed by atoms with Gasteiger partial charge in [-0.2, -0.15) is 13.2 Å². The number of halogens is 3. The van der Waals surface area contributed by atoms with E-state index in [1.165, 1.54) is 22.7 Å². The van der Waals surface area contributed by atoms with Gasteiger partial charge in [0.05, 0.1) is 6.20 Å². The molecular formula is C9H7BF3N3O3. The number of aromatic nitrogens is 2. The van der Waals surface area contributed by atoms with Gasteiger partial charge in [-0.25, -0.2) is 4.98 Å². The number of carbonyl (C=O) groups excluding carboxylic acids is 1. The zero-order chi connectivity index (χ0) is 14.2. The lowest BCUT2D eigenvalue weighted by Crippen LogP contribution is -2.30. The van der Waals surface area contributed by atoms with E-state index in [1.807, 2.05) is 0 Å². The molecule has 0 aliphatic heterocycles. The minimum absolute atomic E-state index is 0.138. The molecule has 0 atom stereocenters. The van der Waals surface area contributed by atoms with Crippen molar-refractivity contribution in [3.63, 3.8) is 0 Å². The summed E-state index contributed by atoms with van der Waals surface area (Å²) in [7, 11) is -1.71. The van der Waals surface area contributed by atoms with Crippen molar-refractivity contribution in [1.29, 1.82) is 0 Å². The van der Waals surface area contributed by atoms with Gasteiger partial charge < -0.3 is 19.8 Å². The minimum atomic E-state index is -5.00. The molecule has 0 radical (unpaired) electrons. The highest BCUT2D eigenvalue weighted by atomic mass is 19.4. The highest BCUT2D eigenvalue weighted by Gasteiger charge is 2.39. The lowest BCUT2D eigenvalue weighted by Gasteiger charge is -2.04. The number of amides is 1. The van der Waals surface area contributed by atoms with Gasteiger partial charge in [-0.05, 0) is 11.5 Å². The van der Waals surface area contributed by atoms with Crippen molar-refractivity contribution in [2.75, 3.05) is 5.32 Å². The van der Waals surface area contributed by atoms with Gasteiger partial charge in [-0.3, -0.25) is 4.79 Å². The molecule has 10 heteroatoms. The third-order valence-corrected chi connectivity index (χ3v) is 2.27. The summed E-state index contributed by atoms with van der Waals surface area (Å²) in [6.45, 7) is 0. The molecule has 0 aliphatic rings. The quantitative estimate of drug-likeness (QED) is 0.645. The smallest absolute Gasteiger partial charge is 0.423 e. The lowest BCUT2D eigenvalue weighted by molar-refractivity contribution is -0.167. The van der Waals surface area contributed by atoms with Crippen LogP contribution in [0.5, 0.6) is 0 Å². The summed E-state index contributed by atoms with van der Waals surface area (Å²) in [5.41, 5.74) is 0.389. The maximum atomic E-state index is 12.0. The molecule has 3 N–H and O–H groups in total. The van der Waals surface area contributed by atoms with Gasteiger partial charge in [0.15, 0.2) is 5.82 Å². The second-order valence-electron chi connectivity index (χ2n) is 3.68. The number of alkyl halides is 3. The number of hydrogen-bond donors (Lipinski definition) is 3. The van der Waals surface area contributed by atoms with Gasteiger partial charge in [0.25, 0.3) is 0 Å². The van der Waals surface area contributed by atoms with E-state index in [4.69, 9.17) is 10.0 Å². The number of anilines is 1. The van der Waals surface area contributed by atoms with Crippen LogP contribution in [0.1, 0.15) is 0 Å². The number of imidazole rings is 1. The van der Waals surface area contributed by atoms with Crippen LogP contribution in [0.3, 0.4) is 0 Å². The Balaban J connectivity index is 2.29. The van der Waals surface area contributed by atoms with Crippen LogP contribution in [0, 0.1) is 0 Å². The molecule has 0 aromatic carbocycles. The molecule has 0 saturated carbocycles. The Bertz CT molecular complexity index is 626. The predicted molar refractivity (Wildman–Crippen MR) is 59.7 cm³/mol. The van der Waals surface area contributed by atoms with Crippen molar-refractivity contribution in [3.05, 3.63) is 24.5 Å². The fourth-order valence-electron chi connectivity index (χ4n) is 1.41. The highest BCUT2D eigenvalue weighted by molar-refractivity contribution is 6.58. The maximum absolute atomic E-state index is 12.0. The normalized spacial score (nSPS) is 11.6. The molecule has 2 heterocycles. The average Bonchev–Trinajstić information content (AvgIpc) is 2.68. The number of hydrogen-bond acceptors (Lipinski definition) is 4. The van der Waals surface area contributed by atoms with Gasteiger partial charge >= 0.3 is 19.2 Å². The van der Waals surface area contributed by atoms with Crippen LogP contribution < -0.4 is 10.8 Å². The van der Waals surface area contributed by atoms with E-state index >= 15 is 0 Å². The SMILES string of the molecule is O=C(Nc1cn2cc(B(O)O)ccc2n1)C(F)(F)F. The molecule has 0 aliphatic carbocycles. The first-order chi connectivity index (χ1) is 8.77. The third-order valence-electron chi connectivity index (χ3n) is 2.27. The molecular weight excluding hydrogens is 266 g/mol. The topological polar surface area (TPSA) is 86.9 Å². The van der Waals surface area contributed by atoms with Crippen LogP contribution >= 0.6 is 0 Å². The van der Waals surface area contributed by atoms with E-state index in [9.17, 15) is 18.0 Å². The number of nitrogens with zero attached hydrogens (tertiary/aromatic N) is 2. The van der Waals surface area contributed by atoms with Crippen LogP contribution in [0.15, 0.2) is 24.5 Å². The summed E-state index contributed by atoms with van der Waals surface area (Å²) in [5, 5.41) is 19.5. The summed E-state index contributed by atoms with van der Waals surface area (Å²) in [5.74, 6) is -2.41. The number of pyridine rings is 1. The van der Waals surface area contributed by atoms with Gasteiger partial charge in [0.1, 0.15) is 5.65 Å². The number of rotatable bonds is 2. The molecule has 100 valence electrons. The summed E-state index contributed by atoms with van der Waals surface area (Å²) >= 11 is 0. The van der Waals surface area contributed by atoms with Crippen molar-refractivity contribution >= 4 is 30.0 Å². The average molecular weight is 273 g/mol. The maximum Gasteiger partial charge on any atom is 0.489 e.